The quantitative estimate of drug-likeness (QED) is 0.721. The predicted molar refractivity (Wildman–Crippen MR) is 79.1 cm³/mol. The summed E-state index contributed by atoms with van der Waals surface area (Å²) in [5, 5.41) is 2.33. The van der Waals surface area contributed by atoms with E-state index in [1.54, 1.807) is 11.3 Å². The van der Waals surface area contributed by atoms with Crippen molar-refractivity contribution >= 4 is 22.2 Å². The monoisotopic (exact) mass is 272 g/mol. The molecule has 0 bridgehead atoms. The van der Waals surface area contributed by atoms with E-state index in [0.29, 0.717) is 6.61 Å². The second-order valence-corrected chi connectivity index (χ2v) is 5.76. The van der Waals surface area contributed by atoms with Crippen molar-refractivity contribution < 1.29 is 4.74 Å². The lowest BCUT2D eigenvalue weighted by molar-refractivity contribution is 0.340. The fourth-order valence-electron chi connectivity index (χ4n) is 2.22. The van der Waals surface area contributed by atoms with Crippen LogP contribution in [-0.2, 0) is 6.54 Å². The van der Waals surface area contributed by atoms with E-state index in [2.05, 4.69) is 33.9 Å². The molecule has 3 rings (SSSR count). The van der Waals surface area contributed by atoms with Crippen molar-refractivity contribution in [2.45, 2.75) is 20.4 Å². The summed E-state index contributed by atoms with van der Waals surface area (Å²) in [5.41, 5.74) is 1.23. The highest BCUT2D eigenvalue weighted by Crippen LogP contribution is 2.23. The Kier molecular flexibility index (Phi) is 3.25. The van der Waals surface area contributed by atoms with Gasteiger partial charge in [0.15, 0.2) is 0 Å². The SMILES string of the molecule is CCOc1ccc2c(ccn2Cc2cnc(C)s2)c1. The van der Waals surface area contributed by atoms with E-state index in [4.69, 9.17) is 4.74 Å². The summed E-state index contributed by atoms with van der Waals surface area (Å²) in [6.45, 7) is 5.62. The molecule has 0 aliphatic rings. The van der Waals surface area contributed by atoms with Gasteiger partial charge in [-0.2, -0.15) is 0 Å². The maximum atomic E-state index is 5.53. The van der Waals surface area contributed by atoms with Gasteiger partial charge in [0.05, 0.1) is 18.2 Å². The topological polar surface area (TPSA) is 27.1 Å². The summed E-state index contributed by atoms with van der Waals surface area (Å²) in [7, 11) is 0. The molecule has 2 aromatic heterocycles. The summed E-state index contributed by atoms with van der Waals surface area (Å²) < 4.78 is 7.78. The number of fused-ring (bicyclic) bond motifs is 1. The Hall–Kier alpha value is -1.81. The highest BCUT2D eigenvalue weighted by molar-refractivity contribution is 7.11. The fraction of sp³-hybridized carbons (Fsp3) is 0.267. The molecule has 0 saturated heterocycles. The van der Waals surface area contributed by atoms with Gasteiger partial charge in [0.2, 0.25) is 0 Å². The van der Waals surface area contributed by atoms with Crippen LogP contribution in [0.1, 0.15) is 16.8 Å². The Morgan fingerprint density at radius 2 is 2.21 bits per heavy atom. The van der Waals surface area contributed by atoms with Crippen LogP contribution in [0.15, 0.2) is 36.7 Å². The Balaban J connectivity index is 1.92. The molecule has 0 N–H and O–H groups in total. The number of benzene rings is 1. The van der Waals surface area contributed by atoms with Crippen molar-refractivity contribution in [1.29, 1.82) is 0 Å². The predicted octanol–water partition coefficient (Wildman–Crippen LogP) is 3.85. The lowest BCUT2D eigenvalue weighted by Crippen LogP contribution is -1.96. The summed E-state index contributed by atoms with van der Waals surface area (Å²) in [6, 6.07) is 8.37. The molecule has 1 aromatic carbocycles. The Labute approximate surface area is 116 Å². The second-order valence-electron chi connectivity index (χ2n) is 4.44. The molecule has 2 heterocycles. The molecule has 0 spiro atoms. The molecular formula is C15H16N2OS. The first-order valence-corrected chi connectivity index (χ1v) is 7.21. The average Bonchev–Trinajstić information content (AvgIpc) is 2.97. The molecule has 3 aromatic rings. The molecule has 19 heavy (non-hydrogen) atoms. The van der Waals surface area contributed by atoms with Gasteiger partial charge in [0, 0.05) is 28.2 Å². The zero-order chi connectivity index (χ0) is 13.2. The lowest BCUT2D eigenvalue weighted by atomic mass is 10.2. The molecule has 0 aliphatic heterocycles. The first-order chi connectivity index (χ1) is 9.26. The van der Waals surface area contributed by atoms with Crippen LogP contribution < -0.4 is 4.74 Å². The molecule has 0 atom stereocenters. The van der Waals surface area contributed by atoms with Crippen LogP contribution in [0.25, 0.3) is 10.9 Å². The molecule has 0 radical (unpaired) electrons. The van der Waals surface area contributed by atoms with Gasteiger partial charge in [-0.15, -0.1) is 11.3 Å². The maximum absolute atomic E-state index is 5.53. The Bertz CT molecular complexity index is 699. The molecule has 0 fully saturated rings. The number of hydrogen-bond acceptors (Lipinski definition) is 3. The van der Waals surface area contributed by atoms with E-state index in [0.717, 1.165) is 17.3 Å². The van der Waals surface area contributed by atoms with E-state index in [1.807, 2.05) is 26.1 Å². The van der Waals surface area contributed by atoms with Gasteiger partial charge in [0.1, 0.15) is 5.75 Å². The van der Waals surface area contributed by atoms with Crippen molar-refractivity contribution in [3.05, 3.63) is 46.5 Å². The highest BCUT2D eigenvalue weighted by atomic mass is 32.1. The summed E-state index contributed by atoms with van der Waals surface area (Å²) >= 11 is 1.75. The summed E-state index contributed by atoms with van der Waals surface area (Å²) in [5.74, 6) is 0.932. The minimum Gasteiger partial charge on any atom is -0.494 e. The van der Waals surface area contributed by atoms with Gasteiger partial charge in [-0.3, -0.25) is 0 Å². The molecule has 3 nitrogen and oxygen atoms in total. The normalized spacial score (nSPS) is 11.1. The number of rotatable bonds is 4. The molecule has 0 saturated carbocycles. The Morgan fingerprint density at radius 3 is 2.95 bits per heavy atom. The maximum Gasteiger partial charge on any atom is 0.120 e. The molecule has 0 amide bonds. The van der Waals surface area contributed by atoms with E-state index >= 15 is 0 Å². The Morgan fingerprint density at radius 1 is 1.32 bits per heavy atom. The number of ether oxygens (including phenoxy) is 1. The molecular weight excluding hydrogens is 256 g/mol. The van der Waals surface area contributed by atoms with Crippen LogP contribution in [0.2, 0.25) is 0 Å². The van der Waals surface area contributed by atoms with E-state index in [1.165, 1.54) is 15.8 Å². The third-order valence-corrected chi connectivity index (χ3v) is 3.95. The van der Waals surface area contributed by atoms with Gasteiger partial charge < -0.3 is 9.30 Å². The van der Waals surface area contributed by atoms with Gasteiger partial charge >= 0.3 is 0 Å². The van der Waals surface area contributed by atoms with Crippen molar-refractivity contribution in [3.8, 4) is 5.75 Å². The average molecular weight is 272 g/mol. The fourth-order valence-corrected chi connectivity index (χ4v) is 3.01. The van der Waals surface area contributed by atoms with Gasteiger partial charge in [-0.1, -0.05) is 0 Å². The number of aromatic nitrogens is 2. The third kappa shape index (κ3) is 2.49. The van der Waals surface area contributed by atoms with Crippen LogP contribution in [0.3, 0.4) is 0 Å². The largest absolute Gasteiger partial charge is 0.494 e. The van der Waals surface area contributed by atoms with Crippen molar-refractivity contribution in [1.82, 2.24) is 9.55 Å². The lowest BCUT2D eigenvalue weighted by Gasteiger charge is -2.05. The number of hydrogen-bond donors (Lipinski definition) is 0. The van der Waals surface area contributed by atoms with Crippen LogP contribution in [0.5, 0.6) is 5.75 Å². The smallest absolute Gasteiger partial charge is 0.120 e. The van der Waals surface area contributed by atoms with Crippen LogP contribution in [0, 0.1) is 6.92 Å². The van der Waals surface area contributed by atoms with Crippen LogP contribution in [0.4, 0.5) is 0 Å². The van der Waals surface area contributed by atoms with Crippen LogP contribution in [-0.4, -0.2) is 16.2 Å². The summed E-state index contributed by atoms with van der Waals surface area (Å²) in [6.07, 6.45) is 4.08. The summed E-state index contributed by atoms with van der Waals surface area (Å²) in [4.78, 5) is 5.58. The van der Waals surface area contributed by atoms with Crippen LogP contribution >= 0.6 is 11.3 Å². The van der Waals surface area contributed by atoms with Gasteiger partial charge in [-0.25, -0.2) is 4.98 Å². The van der Waals surface area contributed by atoms with Crippen molar-refractivity contribution in [3.63, 3.8) is 0 Å². The van der Waals surface area contributed by atoms with Crippen molar-refractivity contribution in [2.24, 2.45) is 0 Å². The molecule has 98 valence electrons. The standard InChI is InChI=1S/C15H16N2OS/c1-3-18-13-4-5-15-12(8-13)6-7-17(15)10-14-9-16-11(2)19-14/h4-9H,3,10H2,1-2H3. The minimum absolute atomic E-state index is 0.701. The van der Waals surface area contributed by atoms with E-state index in [-0.39, 0.29) is 0 Å². The zero-order valence-electron chi connectivity index (χ0n) is 11.1. The number of thiazole rings is 1. The molecule has 0 unspecified atom stereocenters. The highest BCUT2D eigenvalue weighted by Gasteiger charge is 2.05. The van der Waals surface area contributed by atoms with E-state index < -0.39 is 0 Å². The first kappa shape index (κ1) is 12.2. The van der Waals surface area contributed by atoms with Gasteiger partial charge in [0.25, 0.3) is 0 Å². The second kappa shape index (κ2) is 5.05. The minimum atomic E-state index is 0.701. The number of nitrogens with zero attached hydrogens (tertiary/aromatic N) is 2. The van der Waals surface area contributed by atoms with Crippen molar-refractivity contribution in [2.75, 3.05) is 6.61 Å². The zero-order valence-corrected chi connectivity index (χ0v) is 11.9. The van der Waals surface area contributed by atoms with E-state index in [9.17, 15) is 0 Å². The van der Waals surface area contributed by atoms with Gasteiger partial charge in [-0.05, 0) is 38.1 Å². The third-order valence-electron chi connectivity index (χ3n) is 3.05. The number of aryl methyl sites for hydroxylation is 1. The first-order valence-electron chi connectivity index (χ1n) is 6.39. The molecule has 4 heteroatoms. The molecule has 0 aliphatic carbocycles.